The number of aromatic amines is 1. The van der Waals surface area contributed by atoms with Crippen LogP contribution in [0.2, 0.25) is 0 Å². The number of aromatic nitrogens is 2. The lowest BCUT2D eigenvalue weighted by molar-refractivity contribution is 0.310. The van der Waals surface area contributed by atoms with Gasteiger partial charge >= 0.3 is 0 Å². The van der Waals surface area contributed by atoms with Crippen LogP contribution in [0.5, 0.6) is 5.75 Å². The van der Waals surface area contributed by atoms with Gasteiger partial charge in [0.15, 0.2) is 0 Å². The van der Waals surface area contributed by atoms with E-state index in [4.69, 9.17) is 4.74 Å². The standard InChI is InChI=1S/C19H15N2O/c1-13-20-17-11-18(22-12-14-7-3-2-4-8-14)15-9-5-6-10-16(15)19(17)21-13/h2-11H,1,12H2,(H,20,21). The number of rotatable bonds is 3. The topological polar surface area (TPSA) is 37.9 Å². The Balaban J connectivity index is 1.81. The second-order valence-electron chi connectivity index (χ2n) is 5.27. The third-order valence-corrected chi connectivity index (χ3v) is 3.74. The van der Waals surface area contributed by atoms with Crippen LogP contribution in [0.1, 0.15) is 11.4 Å². The lowest BCUT2D eigenvalue weighted by Crippen LogP contribution is -1.96. The molecule has 22 heavy (non-hydrogen) atoms. The van der Waals surface area contributed by atoms with Gasteiger partial charge in [-0.2, -0.15) is 0 Å². The van der Waals surface area contributed by atoms with Crippen molar-refractivity contribution in [2.45, 2.75) is 6.61 Å². The molecule has 0 saturated heterocycles. The molecule has 0 aliphatic carbocycles. The number of benzene rings is 3. The van der Waals surface area contributed by atoms with E-state index in [9.17, 15) is 0 Å². The van der Waals surface area contributed by atoms with Gasteiger partial charge in [-0.15, -0.1) is 0 Å². The van der Waals surface area contributed by atoms with Gasteiger partial charge in [-0.05, 0) is 5.56 Å². The summed E-state index contributed by atoms with van der Waals surface area (Å²) >= 11 is 0. The summed E-state index contributed by atoms with van der Waals surface area (Å²) in [5.41, 5.74) is 3.04. The third kappa shape index (κ3) is 2.21. The van der Waals surface area contributed by atoms with Crippen LogP contribution < -0.4 is 4.74 Å². The Morgan fingerprint density at radius 1 is 0.955 bits per heavy atom. The monoisotopic (exact) mass is 287 g/mol. The van der Waals surface area contributed by atoms with Crippen LogP contribution in [-0.4, -0.2) is 9.97 Å². The normalized spacial score (nSPS) is 11.1. The Labute approximate surface area is 128 Å². The van der Waals surface area contributed by atoms with Crippen molar-refractivity contribution in [3.63, 3.8) is 0 Å². The lowest BCUT2D eigenvalue weighted by atomic mass is 10.1. The highest BCUT2D eigenvalue weighted by molar-refractivity contribution is 6.07. The number of imidazole rings is 1. The first-order chi connectivity index (χ1) is 10.8. The summed E-state index contributed by atoms with van der Waals surface area (Å²) < 4.78 is 6.05. The van der Waals surface area contributed by atoms with Crippen molar-refractivity contribution in [2.75, 3.05) is 0 Å². The third-order valence-electron chi connectivity index (χ3n) is 3.74. The number of nitrogens with zero attached hydrogens (tertiary/aromatic N) is 1. The summed E-state index contributed by atoms with van der Waals surface area (Å²) in [6.07, 6.45) is 0. The van der Waals surface area contributed by atoms with Crippen LogP contribution in [0.15, 0.2) is 60.7 Å². The molecule has 0 atom stereocenters. The Morgan fingerprint density at radius 3 is 2.50 bits per heavy atom. The molecule has 0 aliphatic heterocycles. The summed E-state index contributed by atoms with van der Waals surface area (Å²) in [7, 11) is 0. The minimum atomic E-state index is 0.543. The van der Waals surface area contributed by atoms with E-state index in [-0.39, 0.29) is 0 Å². The summed E-state index contributed by atoms with van der Waals surface area (Å²) in [6.45, 7) is 4.42. The van der Waals surface area contributed by atoms with E-state index < -0.39 is 0 Å². The molecule has 3 nitrogen and oxygen atoms in total. The molecule has 1 heterocycles. The van der Waals surface area contributed by atoms with Gasteiger partial charge in [0.2, 0.25) is 0 Å². The summed E-state index contributed by atoms with van der Waals surface area (Å²) in [4.78, 5) is 7.67. The fourth-order valence-electron chi connectivity index (χ4n) is 2.72. The number of hydrogen-bond acceptors (Lipinski definition) is 2. The molecule has 0 aliphatic rings. The average Bonchev–Trinajstić information content (AvgIpc) is 2.94. The molecule has 3 heteroatoms. The van der Waals surface area contributed by atoms with Gasteiger partial charge in [0.1, 0.15) is 18.2 Å². The second kappa shape index (κ2) is 5.19. The molecule has 1 aromatic heterocycles. The predicted octanol–water partition coefficient (Wildman–Crippen LogP) is 4.48. The highest BCUT2D eigenvalue weighted by atomic mass is 16.5. The van der Waals surface area contributed by atoms with E-state index in [0.717, 1.165) is 33.1 Å². The Bertz CT molecular complexity index is 942. The van der Waals surface area contributed by atoms with E-state index in [0.29, 0.717) is 12.4 Å². The minimum absolute atomic E-state index is 0.543. The molecule has 0 amide bonds. The van der Waals surface area contributed by atoms with Crippen LogP contribution in [0, 0.1) is 6.92 Å². The number of H-pyrrole nitrogens is 1. The van der Waals surface area contributed by atoms with Crippen LogP contribution in [-0.2, 0) is 6.61 Å². The van der Waals surface area contributed by atoms with Crippen molar-refractivity contribution in [1.82, 2.24) is 9.97 Å². The maximum absolute atomic E-state index is 6.05. The average molecular weight is 287 g/mol. The van der Waals surface area contributed by atoms with Gasteiger partial charge in [-0.1, -0.05) is 54.6 Å². The summed E-state index contributed by atoms with van der Waals surface area (Å²) in [6, 6.07) is 20.3. The van der Waals surface area contributed by atoms with E-state index in [2.05, 4.69) is 41.2 Å². The van der Waals surface area contributed by atoms with E-state index in [1.807, 2.05) is 36.4 Å². The molecule has 0 unspecified atom stereocenters. The smallest absolute Gasteiger partial charge is 0.129 e. The fraction of sp³-hybridized carbons (Fsp3) is 0.0526. The van der Waals surface area contributed by atoms with Crippen molar-refractivity contribution in [3.05, 3.63) is 79.0 Å². The first-order valence-corrected chi connectivity index (χ1v) is 7.21. The molecule has 4 aromatic rings. The minimum Gasteiger partial charge on any atom is -0.488 e. The number of fused-ring (bicyclic) bond motifs is 3. The molecule has 0 fully saturated rings. The van der Waals surface area contributed by atoms with Crippen LogP contribution in [0.3, 0.4) is 0 Å². The van der Waals surface area contributed by atoms with Crippen molar-refractivity contribution < 1.29 is 4.74 Å². The maximum atomic E-state index is 6.05. The zero-order valence-corrected chi connectivity index (χ0v) is 12.0. The zero-order valence-electron chi connectivity index (χ0n) is 12.0. The second-order valence-corrected chi connectivity index (χ2v) is 5.27. The van der Waals surface area contributed by atoms with Crippen LogP contribution in [0.4, 0.5) is 0 Å². The fourth-order valence-corrected chi connectivity index (χ4v) is 2.72. The van der Waals surface area contributed by atoms with Crippen molar-refractivity contribution in [3.8, 4) is 5.75 Å². The van der Waals surface area contributed by atoms with Crippen LogP contribution in [0.25, 0.3) is 21.8 Å². The number of nitrogens with one attached hydrogen (secondary N) is 1. The molecule has 1 N–H and O–H groups in total. The van der Waals surface area contributed by atoms with Gasteiger partial charge in [0.25, 0.3) is 0 Å². The van der Waals surface area contributed by atoms with Gasteiger partial charge in [-0.3, -0.25) is 0 Å². The molecular formula is C19H15N2O. The lowest BCUT2D eigenvalue weighted by Gasteiger charge is -2.10. The van der Waals surface area contributed by atoms with Crippen molar-refractivity contribution in [1.29, 1.82) is 0 Å². The van der Waals surface area contributed by atoms with Gasteiger partial charge in [0, 0.05) is 23.8 Å². The van der Waals surface area contributed by atoms with E-state index >= 15 is 0 Å². The molecule has 107 valence electrons. The van der Waals surface area contributed by atoms with E-state index in [1.54, 1.807) is 0 Å². The maximum Gasteiger partial charge on any atom is 0.129 e. The van der Waals surface area contributed by atoms with Crippen molar-refractivity contribution in [2.24, 2.45) is 0 Å². The summed E-state index contributed by atoms with van der Waals surface area (Å²) in [5.74, 6) is 1.52. The molecule has 3 aromatic carbocycles. The Hall–Kier alpha value is -2.81. The molecule has 0 bridgehead atoms. The molecule has 1 radical (unpaired) electrons. The molecule has 0 spiro atoms. The van der Waals surface area contributed by atoms with Gasteiger partial charge in [-0.25, -0.2) is 4.98 Å². The van der Waals surface area contributed by atoms with Gasteiger partial charge < -0.3 is 9.72 Å². The number of ether oxygens (including phenoxy) is 1. The zero-order chi connectivity index (χ0) is 14.9. The Morgan fingerprint density at radius 2 is 1.68 bits per heavy atom. The van der Waals surface area contributed by atoms with Gasteiger partial charge in [0.05, 0.1) is 11.0 Å². The summed E-state index contributed by atoms with van der Waals surface area (Å²) in [5, 5.41) is 2.15. The van der Waals surface area contributed by atoms with Crippen LogP contribution >= 0.6 is 0 Å². The first-order valence-electron chi connectivity index (χ1n) is 7.21. The number of hydrogen-bond donors (Lipinski definition) is 1. The molecular weight excluding hydrogens is 272 g/mol. The van der Waals surface area contributed by atoms with E-state index in [1.165, 1.54) is 0 Å². The van der Waals surface area contributed by atoms with Crippen molar-refractivity contribution >= 4 is 21.8 Å². The first kappa shape index (κ1) is 12.9. The quantitative estimate of drug-likeness (QED) is 0.603. The molecule has 0 saturated carbocycles. The predicted molar refractivity (Wildman–Crippen MR) is 88.8 cm³/mol. The highest BCUT2D eigenvalue weighted by Gasteiger charge is 2.10. The Kier molecular flexibility index (Phi) is 3.04. The highest BCUT2D eigenvalue weighted by Crippen LogP contribution is 2.32. The largest absolute Gasteiger partial charge is 0.488 e. The molecule has 4 rings (SSSR count). The SMILES string of the molecule is [CH2]c1nc2c(cc(OCc3ccccc3)c3ccccc32)[nH]1.